The fraction of sp³-hybridized carbons (Fsp3) is 0.667. The normalized spacial score (nSPS) is 23.8. The second-order valence-electron chi connectivity index (χ2n) is 6.94. The standard InChI is InChI=1S/C15H22N2O5S/c1-8-10(11-16-9(7-23-11)12(18)19)17(15(5,6)21-8)13(20)22-14(2,3)4/h7-8,10H,1-6H3,(H,18,19)/t8-,10+/m1/s1. The van der Waals surface area contributed by atoms with E-state index in [0.717, 1.165) is 0 Å². The van der Waals surface area contributed by atoms with Crippen molar-refractivity contribution in [3.05, 3.63) is 16.1 Å². The number of hydrogen-bond donors (Lipinski definition) is 1. The first kappa shape index (κ1) is 17.7. The number of ether oxygens (including phenoxy) is 2. The SMILES string of the molecule is C[C@H]1OC(C)(C)N(C(=O)OC(C)(C)C)[C@@H]1c1nc(C(=O)O)cs1. The molecule has 2 heterocycles. The fourth-order valence-electron chi connectivity index (χ4n) is 2.60. The van der Waals surface area contributed by atoms with E-state index in [9.17, 15) is 9.59 Å². The molecule has 8 heteroatoms. The van der Waals surface area contributed by atoms with E-state index in [1.54, 1.807) is 34.6 Å². The highest BCUT2D eigenvalue weighted by Crippen LogP contribution is 2.43. The summed E-state index contributed by atoms with van der Waals surface area (Å²) in [5.41, 5.74) is -1.55. The van der Waals surface area contributed by atoms with E-state index in [4.69, 9.17) is 14.6 Å². The fourth-order valence-corrected chi connectivity index (χ4v) is 3.57. The molecule has 1 aromatic rings. The molecule has 0 radical (unpaired) electrons. The van der Waals surface area contributed by atoms with Crippen LogP contribution < -0.4 is 0 Å². The highest BCUT2D eigenvalue weighted by atomic mass is 32.1. The van der Waals surface area contributed by atoms with E-state index in [-0.39, 0.29) is 11.8 Å². The number of hydrogen-bond acceptors (Lipinski definition) is 6. The minimum Gasteiger partial charge on any atom is -0.476 e. The predicted molar refractivity (Wildman–Crippen MR) is 84.5 cm³/mol. The van der Waals surface area contributed by atoms with Gasteiger partial charge in [-0.1, -0.05) is 0 Å². The Balaban J connectivity index is 2.37. The van der Waals surface area contributed by atoms with E-state index >= 15 is 0 Å². The van der Waals surface area contributed by atoms with E-state index < -0.39 is 29.4 Å². The summed E-state index contributed by atoms with van der Waals surface area (Å²) in [5.74, 6) is -1.10. The molecule has 2 rings (SSSR count). The maximum atomic E-state index is 12.6. The van der Waals surface area contributed by atoms with Crippen molar-refractivity contribution >= 4 is 23.4 Å². The summed E-state index contributed by atoms with van der Waals surface area (Å²) in [7, 11) is 0. The molecule has 1 N–H and O–H groups in total. The Morgan fingerprint density at radius 3 is 2.52 bits per heavy atom. The second kappa shape index (κ2) is 5.76. The molecular formula is C15H22N2O5S. The Hall–Kier alpha value is -1.67. The van der Waals surface area contributed by atoms with Crippen LogP contribution in [0.3, 0.4) is 0 Å². The molecule has 0 spiro atoms. The van der Waals surface area contributed by atoms with Crippen LogP contribution in [0.1, 0.15) is 63.1 Å². The van der Waals surface area contributed by atoms with Crippen molar-refractivity contribution in [3.63, 3.8) is 0 Å². The monoisotopic (exact) mass is 342 g/mol. The molecule has 0 bridgehead atoms. The average molecular weight is 342 g/mol. The van der Waals surface area contributed by atoms with Crippen molar-refractivity contribution in [1.29, 1.82) is 0 Å². The van der Waals surface area contributed by atoms with Crippen molar-refractivity contribution in [2.45, 2.75) is 65.0 Å². The Labute approximate surface area is 139 Å². The van der Waals surface area contributed by atoms with E-state index in [1.165, 1.54) is 21.6 Å². The summed E-state index contributed by atoms with van der Waals surface area (Å²) in [6, 6.07) is -0.488. The van der Waals surface area contributed by atoms with Crippen molar-refractivity contribution in [3.8, 4) is 0 Å². The van der Waals surface area contributed by atoms with Gasteiger partial charge in [-0.25, -0.2) is 14.6 Å². The zero-order valence-electron chi connectivity index (χ0n) is 14.1. The van der Waals surface area contributed by atoms with Gasteiger partial charge in [-0.15, -0.1) is 11.3 Å². The van der Waals surface area contributed by atoms with Crippen LogP contribution in [-0.4, -0.2) is 44.5 Å². The lowest BCUT2D eigenvalue weighted by Gasteiger charge is -2.34. The lowest BCUT2D eigenvalue weighted by molar-refractivity contribution is -0.0757. The Bertz CT molecular complexity index is 620. The molecule has 128 valence electrons. The molecule has 1 aliphatic heterocycles. The minimum atomic E-state index is -1.10. The first-order valence-electron chi connectivity index (χ1n) is 7.31. The number of rotatable bonds is 2. The molecule has 0 unspecified atom stereocenters. The number of aromatic nitrogens is 1. The summed E-state index contributed by atoms with van der Waals surface area (Å²) in [6.07, 6.45) is -0.839. The summed E-state index contributed by atoms with van der Waals surface area (Å²) < 4.78 is 11.4. The van der Waals surface area contributed by atoms with Crippen LogP contribution in [-0.2, 0) is 9.47 Å². The Morgan fingerprint density at radius 1 is 1.43 bits per heavy atom. The van der Waals surface area contributed by atoms with Gasteiger partial charge >= 0.3 is 12.1 Å². The number of carbonyl (C=O) groups excluding carboxylic acids is 1. The van der Waals surface area contributed by atoms with Crippen LogP contribution in [0.15, 0.2) is 5.38 Å². The van der Waals surface area contributed by atoms with E-state index in [0.29, 0.717) is 5.01 Å². The summed E-state index contributed by atoms with van der Waals surface area (Å²) in [5, 5.41) is 11.0. The number of nitrogens with zero attached hydrogens (tertiary/aromatic N) is 2. The van der Waals surface area contributed by atoms with Gasteiger partial charge in [0.1, 0.15) is 22.4 Å². The number of aromatic carboxylic acids is 1. The zero-order chi connectivity index (χ0) is 17.6. The topological polar surface area (TPSA) is 89.0 Å². The molecular weight excluding hydrogens is 320 g/mol. The van der Waals surface area contributed by atoms with Gasteiger partial charge < -0.3 is 14.6 Å². The molecule has 1 aromatic heterocycles. The highest BCUT2D eigenvalue weighted by Gasteiger charge is 2.51. The van der Waals surface area contributed by atoms with Gasteiger partial charge in [0.05, 0.1) is 6.10 Å². The first-order chi connectivity index (χ1) is 10.4. The molecule has 0 aromatic carbocycles. The van der Waals surface area contributed by atoms with Gasteiger partial charge in [0, 0.05) is 5.38 Å². The molecule has 0 saturated carbocycles. The third-order valence-electron chi connectivity index (χ3n) is 3.36. The van der Waals surface area contributed by atoms with Crippen LogP contribution in [0, 0.1) is 0 Å². The van der Waals surface area contributed by atoms with Gasteiger partial charge in [0.25, 0.3) is 0 Å². The van der Waals surface area contributed by atoms with Crippen LogP contribution in [0.4, 0.5) is 4.79 Å². The van der Waals surface area contributed by atoms with Crippen molar-refractivity contribution < 1.29 is 24.2 Å². The van der Waals surface area contributed by atoms with Crippen LogP contribution >= 0.6 is 11.3 Å². The van der Waals surface area contributed by atoms with Crippen LogP contribution in [0.5, 0.6) is 0 Å². The molecule has 0 aliphatic carbocycles. The number of carboxylic acid groups (broad SMARTS) is 1. The van der Waals surface area contributed by atoms with Crippen LogP contribution in [0.25, 0.3) is 0 Å². The maximum absolute atomic E-state index is 12.6. The van der Waals surface area contributed by atoms with Gasteiger partial charge in [-0.05, 0) is 41.5 Å². The molecule has 1 aliphatic rings. The van der Waals surface area contributed by atoms with Crippen molar-refractivity contribution in [2.24, 2.45) is 0 Å². The van der Waals surface area contributed by atoms with E-state index in [1.807, 2.05) is 6.92 Å². The Morgan fingerprint density at radius 2 is 2.04 bits per heavy atom. The van der Waals surface area contributed by atoms with Gasteiger partial charge in [0.2, 0.25) is 0 Å². The molecule has 23 heavy (non-hydrogen) atoms. The molecule has 1 amide bonds. The number of carbonyl (C=O) groups is 2. The third kappa shape index (κ3) is 3.64. The van der Waals surface area contributed by atoms with Crippen molar-refractivity contribution in [2.75, 3.05) is 0 Å². The summed E-state index contributed by atoms with van der Waals surface area (Å²) >= 11 is 1.20. The summed E-state index contributed by atoms with van der Waals surface area (Å²) in [6.45, 7) is 10.8. The smallest absolute Gasteiger partial charge is 0.413 e. The summed E-state index contributed by atoms with van der Waals surface area (Å²) in [4.78, 5) is 29.3. The Kier molecular flexibility index (Phi) is 4.42. The second-order valence-corrected chi connectivity index (χ2v) is 7.83. The zero-order valence-corrected chi connectivity index (χ0v) is 14.9. The minimum absolute atomic E-state index is 0.0361. The quantitative estimate of drug-likeness (QED) is 0.887. The molecule has 1 saturated heterocycles. The van der Waals surface area contributed by atoms with Gasteiger partial charge in [0.15, 0.2) is 5.69 Å². The largest absolute Gasteiger partial charge is 0.476 e. The predicted octanol–water partition coefficient (Wildman–Crippen LogP) is 3.27. The van der Waals surface area contributed by atoms with E-state index in [2.05, 4.69) is 4.98 Å². The van der Waals surface area contributed by atoms with Gasteiger partial charge in [-0.2, -0.15) is 0 Å². The number of carboxylic acids is 1. The molecule has 2 atom stereocenters. The lowest BCUT2D eigenvalue weighted by Crippen LogP contribution is -2.47. The first-order valence-corrected chi connectivity index (χ1v) is 8.19. The number of amides is 1. The third-order valence-corrected chi connectivity index (χ3v) is 4.28. The molecule has 1 fully saturated rings. The average Bonchev–Trinajstić information content (AvgIpc) is 2.88. The van der Waals surface area contributed by atoms with Crippen molar-refractivity contribution in [1.82, 2.24) is 9.88 Å². The number of thiazole rings is 1. The maximum Gasteiger partial charge on any atom is 0.413 e. The lowest BCUT2D eigenvalue weighted by atomic mass is 10.1. The molecule has 7 nitrogen and oxygen atoms in total. The highest BCUT2D eigenvalue weighted by molar-refractivity contribution is 7.09. The van der Waals surface area contributed by atoms with Gasteiger partial charge in [-0.3, -0.25) is 4.90 Å². The van der Waals surface area contributed by atoms with Crippen LogP contribution in [0.2, 0.25) is 0 Å².